The predicted molar refractivity (Wildman–Crippen MR) is 68.7 cm³/mol. The van der Waals surface area contributed by atoms with Crippen LogP contribution in [0.5, 0.6) is 0 Å². The van der Waals surface area contributed by atoms with Crippen molar-refractivity contribution in [2.24, 2.45) is 11.7 Å². The molecule has 1 unspecified atom stereocenters. The summed E-state index contributed by atoms with van der Waals surface area (Å²) < 4.78 is 0. The van der Waals surface area contributed by atoms with Crippen LogP contribution in [0.2, 0.25) is 0 Å². The number of nitrogens with two attached hydrogens (primary N) is 1. The molecule has 1 saturated carbocycles. The Morgan fingerprint density at radius 3 is 2.71 bits per heavy atom. The van der Waals surface area contributed by atoms with Gasteiger partial charge < -0.3 is 5.73 Å². The van der Waals surface area contributed by atoms with Gasteiger partial charge in [-0.15, -0.1) is 0 Å². The molecule has 2 N–H and O–H groups in total. The van der Waals surface area contributed by atoms with Crippen molar-refractivity contribution in [1.82, 2.24) is 15.0 Å². The largest absolute Gasteiger partial charge is 0.322 e. The first-order valence-electron chi connectivity index (χ1n) is 6.17. The molecule has 4 nitrogen and oxygen atoms in total. The summed E-state index contributed by atoms with van der Waals surface area (Å²) in [5.41, 5.74) is 7.06. The zero-order valence-electron chi connectivity index (χ0n) is 9.67. The Morgan fingerprint density at radius 2 is 1.94 bits per heavy atom. The molecule has 2 aromatic heterocycles. The maximum absolute atomic E-state index is 6.33. The minimum absolute atomic E-state index is 0.0660. The normalized spacial score (nSPS) is 19.6. The molecular formula is C12H16N4S. The molecule has 1 aliphatic rings. The van der Waals surface area contributed by atoms with Crippen LogP contribution >= 0.6 is 11.3 Å². The second kappa shape index (κ2) is 4.66. The summed E-state index contributed by atoms with van der Waals surface area (Å²) in [6, 6.07) is 0.0660. The summed E-state index contributed by atoms with van der Waals surface area (Å²) >= 11 is 1.59. The number of rotatable bonds is 2. The van der Waals surface area contributed by atoms with Gasteiger partial charge in [0, 0.05) is 12.4 Å². The molecule has 17 heavy (non-hydrogen) atoms. The lowest BCUT2D eigenvalue weighted by atomic mass is 9.84. The highest BCUT2D eigenvalue weighted by atomic mass is 32.1. The maximum atomic E-state index is 6.33. The van der Waals surface area contributed by atoms with Crippen molar-refractivity contribution < 1.29 is 0 Å². The van der Waals surface area contributed by atoms with Crippen molar-refractivity contribution in [3.05, 3.63) is 17.4 Å². The fraction of sp³-hybridized carbons (Fsp3) is 0.583. The van der Waals surface area contributed by atoms with Crippen LogP contribution < -0.4 is 5.73 Å². The van der Waals surface area contributed by atoms with Crippen LogP contribution in [0.25, 0.3) is 10.5 Å². The number of hydrogen-bond acceptors (Lipinski definition) is 5. The third-order valence-electron chi connectivity index (χ3n) is 3.51. The first kappa shape index (κ1) is 11.0. The zero-order valence-corrected chi connectivity index (χ0v) is 10.5. The van der Waals surface area contributed by atoms with Crippen LogP contribution in [0, 0.1) is 5.92 Å². The van der Waals surface area contributed by atoms with Crippen molar-refractivity contribution in [2.45, 2.75) is 38.1 Å². The lowest BCUT2D eigenvalue weighted by molar-refractivity contribution is 0.308. The first-order chi connectivity index (χ1) is 8.34. The van der Waals surface area contributed by atoms with Gasteiger partial charge in [0.25, 0.3) is 0 Å². The zero-order chi connectivity index (χ0) is 11.7. The summed E-state index contributed by atoms with van der Waals surface area (Å²) in [5, 5.41) is 0.998. The van der Waals surface area contributed by atoms with E-state index in [0.29, 0.717) is 5.92 Å². The molecule has 5 heteroatoms. The van der Waals surface area contributed by atoms with Gasteiger partial charge in [-0.2, -0.15) is 0 Å². The third-order valence-corrected chi connectivity index (χ3v) is 4.56. The molecule has 0 saturated heterocycles. The second-order valence-electron chi connectivity index (χ2n) is 4.66. The van der Waals surface area contributed by atoms with Gasteiger partial charge in [0.1, 0.15) is 5.01 Å². The van der Waals surface area contributed by atoms with Crippen LogP contribution in [0.1, 0.15) is 43.2 Å². The van der Waals surface area contributed by atoms with Crippen LogP contribution in [0.4, 0.5) is 0 Å². The molecule has 0 aromatic carbocycles. The van der Waals surface area contributed by atoms with Gasteiger partial charge >= 0.3 is 0 Å². The standard InChI is InChI=1S/C12H16N4S/c13-9(8-4-2-1-3-5-8)11-16-10-12(17-11)15-7-6-14-10/h6-9H,1-5,13H2. The number of nitrogens with zero attached hydrogens (tertiary/aromatic N) is 3. The van der Waals surface area contributed by atoms with E-state index in [1.165, 1.54) is 32.1 Å². The molecular weight excluding hydrogens is 232 g/mol. The van der Waals surface area contributed by atoms with Crippen molar-refractivity contribution in [1.29, 1.82) is 0 Å². The molecule has 0 bridgehead atoms. The average Bonchev–Trinajstić information content (AvgIpc) is 2.82. The molecule has 1 fully saturated rings. The van der Waals surface area contributed by atoms with Crippen molar-refractivity contribution >= 4 is 21.8 Å². The maximum Gasteiger partial charge on any atom is 0.189 e. The topological polar surface area (TPSA) is 64.7 Å². The van der Waals surface area contributed by atoms with Crippen molar-refractivity contribution in [3.63, 3.8) is 0 Å². The Labute approximate surface area is 104 Å². The van der Waals surface area contributed by atoms with Gasteiger partial charge in [0.05, 0.1) is 6.04 Å². The Hall–Kier alpha value is -1.07. The third kappa shape index (κ3) is 2.17. The Balaban J connectivity index is 1.86. The van der Waals surface area contributed by atoms with Crippen LogP contribution in [-0.4, -0.2) is 15.0 Å². The molecule has 1 aliphatic carbocycles. The van der Waals surface area contributed by atoms with E-state index >= 15 is 0 Å². The van der Waals surface area contributed by atoms with Gasteiger partial charge in [-0.3, -0.25) is 0 Å². The quantitative estimate of drug-likeness (QED) is 0.887. The van der Waals surface area contributed by atoms with E-state index in [1.54, 1.807) is 23.7 Å². The molecule has 2 aromatic rings. The molecule has 0 aliphatic heterocycles. The predicted octanol–water partition coefficient (Wildman–Crippen LogP) is 2.67. The highest BCUT2D eigenvalue weighted by molar-refractivity contribution is 7.18. The Kier molecular flexibility index (Phi) is 3.03. The summed E-state index contributed by atoms with van der Waals surface area (Å²) in [6.07, 6.45) is 9.82. The molecule has 3 rings (SSSR count). The molecule has 0 spiro atoms. The molecule has 2 heterocycles. The lowest BCUT2D eigenvalue weighted by Crippen LogP contribution is -2.23. The summed E-state index contributed by atoms with van der Waals surface area (Å²) in [7, 11) is 0. The summed E-state index contributed by atoms with van der Waals surface area (Å²) in [4.78, 5) is 13.9. The second-order valence-corrected chi connectivity index (χ2v) is 5.67. The lowest BCUT2D eigenvalue weighted by Gasteiger charge is -2.25. The van der Waals surface area contributed by atoms with E-state index in [1.807, 2.05) is 0 Å². The van der Waals surface area contributed by atoms with E-state index < -0.39 is 0 Å². The minimum Gasteiger partial charge on any atom is -0.322 e. The van der Waals surface area contributed by atoms with Crippen LogP contribution in [0.3, 0.4) is 0 Å². The van der Waals surface area contributed by atoms with Crippen molar-refractivity contribution in [2.75, 3.05) is 0 Å². The number of fused-ring (bicyclic) bond motifs is 1. The first-order valence-corrected chi connectivity index (χ1v) is 6.99. The van der Waals surface area contributed by atoms with E-state index in [2.05, 4.69) is 15.0 Å². The fourth-order valence-electron chi connectivity index (χ4n) is 2.53. The minimum atomic E-state index is 0.0660. The Morgan fingerprint density at radius 1 is 1.18 bits per heavy atom. The van der Waals surface area contributed by atoms with Gasteiger partial charge in [0.15, 0.2) is 10.5 Å². The van der Waals surface area contributed by atoms with E-state index in [4.69, 9.17) is 5.73 Å². The fourth-order valence-corrected chi connectivity index (χ4v) is 3.49. The highest BCUT2D eigenvalue weighted by Gasteiger charge is 2.24. The Bertz CT molecular complexity index is 471. The SMILES string of the molecule is NC(c1nc2nccnc2s1)C1CCCCC1. The van der Waals surface area contributed by atoms with E-state index in [-0.39, 0.29) is 6.04 Å². The monoisotopic (exact) mass is 248 g/mol. The molecule has 0 amide bonds. The van der Waals surface area contributed by atoms with Gasteiger partial charge in [-0.05, 0) is 18.8 Å². The molecule has 90 valence electrons. The molecule has 1 atom stereocenters. The van der Waals surface area contributed by atoms with E-state index in [9.17, 15) is 0 Å². The van der Waals surface area contributed by atoms with E-state index in [0.717, 1.165) is 15.5 Å². The number of hydrogen-bond donors (Lipinski definition) is 1. The van der Waals surface area contributed by atoms with Gasteiger partial charge in [-0.1, -0.05) is 30.6 Å². The van der Waals surface area contributed by atoms with Crippen LogP contribution in [0.15, 0.2) is 12.4 Å². The van der Waals surface area contributed by atoms with Crippen molar-refractivity contribution in [3.8, 4) is 0 Å². The highest BCUT2D eigenvalue weighted by Crippen LogP contribution is 2.35. The summed E-state index contributed by atoms with van der Waals surface area (Å²) in [5.74, 6) is 0.587. The smallest absolute Gasteiger partial charge is 0.189 e. The molecule has 0 radical (unpaired) electrons. The summed E-state index contributed by atoms with van der Waals surface area (Å²) in [6.45, 7) is 0. The van der Waals surface area contributed by atoms with Crippen LogP contribution in [-0.2, 0) is 0 Å². The van der Waals surface area contributed by atoms with Gasteiger partial charge in [-0.25, -0.2) is 15.0 Å². The van der Waals surface area contributed by atoms with Gasteiger partial charge in [0.2, 0.25) is 0 Å². The number of aromatic nitrogens is 3. The number of thiazole rings is 1. The average molecular weight is 248 g/mol.